The van der Waals surface area contributed by atoms with Crippen molar-refractivity contribution in [2.24, 2.45) is 0 Å². The number of halogens is 2. The normalized spacial score (nSPS) is 41.1. The minimum absolute atomic E-state index is 0.287. The molecule has 0 radical (unpaired) electrons. The Balaban J connectivity index is 2.15. The van der Waals surface area contributed by atoms with Gasteiger partial charge in [-0.1, -0.05) is 23.2 Å². The maximum atomic E-state index is 11.0. The van der Waals surface area contributed by atoms with Crippen LogP contribution in [0.3, 0.4) is 0 Å². The molecule has 5 heteroatoms. The smallest absolute Gasteiger partial charge is 0.207 e. The molecule has 0 amide bonds. The molecule has 0 aromatic carbocycles. The van der Waals surface area contributed by atoms with Crippen molar-refractivity contribution in [1.29, 1.82) is 0 Å². The molecule has 11 heavy (non-hydrogen) atoms. The van der Waals surface area contributed by atoms with Gasteiger partial charge in [0.05, 0.1) is 13.2 Å². The van der Waals surface area contributed by atoms with E-state index in [4.69, 9.17) is 32.7 Å². The van der Waals surface area contributed by atoms with E-state index in [0.29, 0.717) is 13.2 Å². The summed E-state index contributed by atoms with van der Waals surface area (Å²) < 4.78 is 8.86. The number of ether oxygens (including phenoxy) is 2. The summed E-state index contributed by atoms with van der Waals surface area (Å²) >= 11 is 11.3. The Morgan fingerprint density at radius 2 is 2.00 bits per heavy atom. The van der Waals surface area contributed by atoms with Gasteiger partial charge in [-0.15, -0.1) is 0 Å². The van der Waals surface area contributed by atoms with Crippen LogP contribution in [0.25, 0.3) is 0 Å². The van der Waals surface area contributed by atoms with Gasteiger partial charge >= 0.3 is 0 Å². The zero-order chi connectivity index (χ0) is 8.06. The Labute approximate surface area is 73.5 Å². The monoisotopic (exact) mass is 198 g/mol. The van der Waals surface area contributed by atoms with Crippen LogP contribution in [0.1, 0.15) is 0 Å². The van der Waals surface area contributed by atoms with Crippen LogP contribution in [-0.2, 0) is 14.3 Å². The van der Waals surface area contributed by atoms with Gasteiger partial charge < -0.3 is 9.47 Å². The van der Waals surface area contributed by atoms with Gasteiger partial charge in [-0.3, -0.25) is 4.79 Å². The first-order chi connectivity index (χ1) is 5.14. The molecule has 2 fully saturated rings. The quantitative estimate of drug-likeness (QED) is 0.421. The lowest BCUT2D eigenvalue weighted by molar-refractivity contribution is -0.194. The average Bonchev–Trinajstić information content (AvgIpc) is 2.04. The van der Waals surface area contributed by atoms with Gasteiger partial charge in [-0.2, -0.15) is 0 Å². The summed E-state index contributed by atoms with van der Waals surface area (Å²) in [6, 6.07) is 0. The Morgan fingerprint density at radius 1 is 1.36 bits per heavy atom. The summed E-state index contributed by atoms with van der Waals surface area (Å²) in [7, 11) is 0. The Kier molecular flexibility index (Phi) is 1.65. The van der Waals surface area contributed by atoms with Crippen LogP contribution in [-0.4, -0.2) is 35.5 Å². The molecule has 1 saturated heterocycles. The van der Waals surface area contributed by atoms with E-state index >= 15 is 0 Å². The van der Waals surface area contributed by atoms with Crippen molar-refractivity contribution in [2.75, 3.05) is 13.2 Å². The topological polar surface area (TPSA) is 35.5 Å². The fourth-order valence-electron chi connectivity index (χ4n) is 1.27. The molecule has 1 saturated carbocycles. The number of fused-ring (bicyclic) bond motifs is 1. The number of hydrogen-bond acceptors (Lipinski definition) is 3. The zero-order valence-corrected chi connectivity index (χ0v) is 7.06. The van der Waals surface area contributed by atoms with E-state index in [1.807, 2.05) is 0 Å². The summed E-state index contributed by atoms with van der Waals surface area (Å²) in [6.07, 6.45) is -0.995. The summed E-state index contributed by atoms with van der Waals surface area (Å²) in [5.74, 6) is -0.287. The number of Topliss-reactive ketones (excluding diaryl/α,β-unsaturated/α-hetero) is 1. The van der Waals surface area contributed by atoms with Gasteiger partial charge in [0.2, 0.25) is 10.1 Å². The highest BCUT2D eigenvalue weighted by molar-refractivity contribution is 6.61. The fraction of sp³-hybridized carbons (Fsp3) is 0.833. The second kappa shape index (κ2) is 2.33. The standard InChI is InChI=1S/C6H6Cl2O3/c7-6(8)4(9)3-5(6)11-2-1-10-3/h3,5H,1-2H2/i4+1,6+1. The maximum absolute atomic E-state index is 11.0. The van der Waals surface area contributed by atoms with E-state index in [9.17, 15) is 4.79 Å². The highest BCUT2D eigenvalue weighted by Crippen LogP contribution is 2.44. The zero-order valence-electron chi connectivity index (χ0n) is 5.55. The highest BCUT2D eigenvalue weighted by atomic mass is 35.5. The molecule has 0 aromatic rings. The molecule has 1 heterocycles. The van der Waals surface area contributed by atoms with Crippen molar-refractivity contribution in [1.82, 2.24) is 0 Å². The van der Waals surface area contributed by atoms with E-state index in [2.05, 4.69) is 0 Å². The molecule has 1 aliphatic heterocycles. The number of carbonyl (C=O) groups is 1. The molecule has 0 N–H and O–H groups in total. The van der Waals surface area contributed by atoms with Crippen LogP contribution in [0.15, 0.2) is 0 Å². The van der Waals surface area contributed by atoms with Gasteiger partial charge in [0, 0.05) is 0 Å². The van der Waals surface area contributed by atoms with E-state index in [0.717, 1.165) is 0 Å². The van der Waals surface area contributed by atoms with Crippen LogP contribution in [0.4, 0.5) is 0 Å². The first-order valence-electron chi connectivity index (χ1n) is 3.29. The SMILES string of the molecule is O=[13C]1C2OCCOC2[13C]1(Cl)Cl. The van der Waals surface area contributed by atoms with Gasteiger partial charge in [0.25, 0.3) is 0 Å². The van der Waals surface area contributed by atoms with Gasteiger partial charge in [0.1, 0.15) is 12.2 Å². The Bertz CT molecular complexity index is 204. The third kappa shape index (κ3) is 0.920. The second-order valence-corrected chi connectivity index (χ2v) is 3.96. The summed E-state index contributed by atoms with van der Waals surface area (Å²) in [6.45, 7) is 0.895. The van der Waals surface area contributed by atoms with Crippen molar-refractivity contribution >= 4 is 29.0 Å². The minimum Gasteiger partial charge on any atom is -0.369 e. The maximum Gasteiger partial charge on any atom is 0.207 e. The molecule has 1 aliphatic carbocycles. The van der Waals surface area contributed by atoms with Crippen molar-refractivity contribution in [2.45, 2.75) is 16.5 Å². The first-order valence-corrected chi connectivity index (χ1v) is 4.05. The predicted molar refractivity (Wildman–Crippen MR) is 38.9 cm³/mol. The molecule has 62 valence electrons. The lowest BCUT2D eigenvalue weighted by atomic mass is 10.2. The number of carbonyl (C=O) groups excluding carboxylic acids is 1. The molecule has 2 atom stereocenters. The van der Waals surface area contributed by atoms with E-state index in [-0.39, 0.29) is 5.78 Å². The van der Waals surface area contributed by atoms with Crippen LogP contribution < -0.4 is 0 Å². The molecular formula is C6H6Cl2O3. The molecule has 0 aromatic heterocycles. The summed E-state index contributed by atoms with van der Waals surface area (Å²) in [4.78, 5) is 11.0. The van der Waals surface area contributed by atoms with Crippen molar-refractivity contribution in [3.63, 3.8) is 0 Å². The van der Waals surface area contributed by atoms with Crippen LogP contribution in [0.5, 0.6) is 0 Å². The minimum atomic E-state index is -1.37. The first kappa shape index (κ1) is 7.80. The van der Waals surface area contributed by atoms with Gasteiger partial charge in [0.15, 0.2) is 0 Å². The van der Waals surface area contributed by atoms with Crippen molar-refractivity contribution in [3.8, 4) is 0 Å². The highest BCUT2D eigenvalue weighted by Gasteiger charge is 2.63. The molecule has 2 rings (SSSR count). The number of ketones is 1. The molecular weight excluding hydrogens is 193 g/mol. The van der Waals surface area contributed by atoms with Crippen LogP contribution in [0.2, 0.25) is 0 Å². The Morgan fingerprint density at radius 3 is 2.64 bits per heavy atom. The molecule has 0 spiro atoms. The lowest BCUT2D eigenvalue weighted by Gasteiger charge is -2.46. The average molecular weight is 199 g/mol. The van der Waals surface area contributed by atoms with Gasteiger partial charge in [-0.25, -0.2) is 0 Å². The van der Waals surface area contributed by atoms with Crippen LogP contribution >= 0.6 is 23.2 Å². The van der Waals surface area contributed by atoms with Gasteiger partial charge in [-0.05, 0) is 0 Å². The van der Waals surface area contributed by atoms with E-state index < -0.39 is 16.5 Å². The third-order valence-electron chi connectivity index (χ3n) is 1.90. The molecule has 2 unspecified atom stereocenters. The van der Waals surface area contributed by atoms with E-state index in [1.54, 1.807) is 0 Å². The lowest BCUT2D eigenvalue weighted by Crippen LogP contribution is -2.68. The predicted octanol–water partition coefficient (Wildman–Crippen LogP) is 0.527. The third-order valence-corrected chi connectivity index (χ3v) is 2.70. The fourth-order valence-corrected chi connectivity index (χ4v) is 1.84. The van der Waals surface area contributed by atoms with Crippen molar-refractivity contribution in [3.05, 3.63) is 0 Å². The van der Waals surface area contributed by atoms with E-state index in [1.165, 1.54) is 0 Å². The molecule has 0 bridgehead atoms. The van der Waals surface area contributed by atoms with Crippen LogP contribution in [0, 0.1) is 0 Å². The molecule has 3 nitrogen and oxygen atoms in total. The second-order valence-electron chi connectivity index (χ2n) is 2.57. The molecule has 2 aliphatic rings. The van der Waals surface area contributed by atoms with Crippen molar-refractivity contribution < 1.29 is 14.3 Å². The number of alkyl halides is 2. The Hall–Kier alpha value is 0.170. The number of rotatable bonds is 0. The largest absolute Gasteiger partial charge is 0.369 e. The number of hydrogen-bond donors (Lipinski definition) is 0. The summed E-state index contributed by atoms with van der Waals surface area (Å²) in [5.41, 5.74) is 0. The summed E-state index contributed by atoms with van der Waals surface area (Å²) in [5, 5.41) is 0.